The average Bonchev–Trinajstić information content (AvgIpc) is 3.73. The predicted octanol–water partition coefficient (Wildman–Crippen LogP) is 6.87. The van der Waals surface area contributed by atoms with Crippen LogP contribution in [0.3, 0.4) is 0 Å². The number of nitrogens with zero attached hydrogens (tertiary/aromatic N) is 6. The van der Waals surface area contributed by atoms with Crippen LogP contribution in [0.1, 0.15) is 0 Å². The van der Waals surface area contributed by atoms with Crippen LogP contribution in [-0.2, 0) is 16.8 Å². The molecule has 0 radical (unpaired) electrons. The molecule has 0 bridgehead atoms. The van der Waals surface area contributed by atoms with E-state index in [0.29, 0.717) is 0 Å². The maximum atomic E-state index is 6.96. The van der Waals surface area contributed by atoms with Crippen molar-refractivity contribution in [2.75, 3.05) is 0 Å². The summed E-state index contributed by atoms with van der Waals surface area (Å²) in [5, 5.41) is 14.8. The van der Waals surface area contributed by atoms with Gasteiger partial charge in [0, 0.05) is 0 Å². The van der Waals surface area contributed by atoms with E-state index in [1.807, 2.05) is 128 Å². The molecule has 9 heteroatoms. The summed E-state index contributed by atoms with van der Waals surface area (Å²) in [5.41, 5.74) is 5.37. The van der Waals surface area contributed by atoms with Crippen molar-refractivity contribution in [2.24, 2.45) is 0 Å². The van der Waals surface area contributed by atoms with E-state index in [1.54, 1.807) is 14.0 Å². The van der Waals surface area contributed by atoms with Crippen LogP contribution in [-0.4, -0.2) is 29.3 Å². The van der Waals surface area contributed by atoms with Crippen molar-refractivity contribution in [3.63, 3.8) is 0 Å². The molecule has 0 aliphatic heterocycles. The van der Waals surface area contributed by atoms with Crippen molar-refractivity contribution in [3.05, 3.63) is 128 Å². The molecule has 3 aromatic carbocycles. The molecule has 0 saturated carbocycles. The van der Waals surface area contributed by atoms with Gasteiger partial charge in [0.2, 0.25) is 0 Å². The maximum absolute atomic E-state index is 6.96. The Bertz CT molecular complexity index is 1420. The Morgan fingerprint density at radius 1 is 0.459 bits per heavy atom. The average molecular weight is 567 g/mol. The molecule has 0 saturated heterocycles. The molecule has 6 nitrogen and oxygen atoms in total. The van der Waals surface area contributed by atoms with Crippen molar-refractivity contribution in [3.8, 4) is 33.8 Å². The molecule has 3 aromatic heterocycles. The van der Waals surface area contributed by atoms with Gasteiger partial charge in [-0.25, -0.2) is 0 Å². The minimum atomic E-state index is -2.28. The Labute approximate surface area is 227 Å². The van der Waals surface area contributed by atoms with Crippen molar-refractivity contribution in [1.82, 2.24) is 29.3 Å². The van der Waals surface area contributed by atoms with Gasteiger partial charge in [-0.2, -0.15) is 0 Å². The third-order valence-corrected chi connectivity index (χ3v) is 9.03. The topological polar surface area (TPSA) is 53.5 Å². The summed E-state index contributed by atoms with van der Waals surface area (Å²) in [7, 11) is 13.9. The number of aromatic nitrogens is 6. The molecule has 0 amide bonds. The second kappa shape index (κ2) is 10.0. The van der Waals surface area contributed by atoms with Crippen LogP contribution in [0.5, 0.6) is 0 Å². The van der Waals surface area contributed by atoms with Crippen molar-refractivity contribution >= 4 is 20.2 Å². The minimum absolute atomic E-state index is 0.799. The fourth-order valence-electron chi connectivity index (χ4n) is 4.25. The van der Waals surface area contributed by atoms with E-state index in [9.17, 15) is 0 Å². The third-order valence-electron chi connectivity index (χ3n) is 6.04. The molecule has 0 atom stereocenters. The molecular formula is C28H21Cl2MnN6. The van der Waals surface area contributed by atoms with Crippen molar-refractivity contribution in [2.45, 2.75) is 4.69 Å². The van der Waals surface area contributed by atoms with Crippen LogP contribution in [0, 0.1) is 0 Å². The second-order valence-electron chi connectivity index (χ2n) is 8.29. The Morgan fingerprint density at radius 2 is 0.757 bits per heavy atom. The zero-order valence-corrected chi connectivity index (χ0v) is 22.1. The number of hydrogen-bond acceptors (Lipinski definition) is 3. The third kappa shape index (κ3) is 4.30. The Hall–Kier alpha value is -3.61. The fourth-order valence-corrected chi connectivity index (χ4v) is 6.92. The van der Waals surface area contributed by atoms with Crippen LogP contribution in [0.25, 0.3) is 33.8 Å². The molecule has 184 valence electrons. The molecule has 0 fully saturated rings. The molecule has 6 aromatic rings. The van der Waals surface area contributed by atoms with Gasteiger partial charge in [-0.05, 0) is 0 Å². The van der Waals surface area contributed by atoms with Crippen LogP contribution in [0.4, 0.5) is 0 Å². The summed E-state index contributed by atoms with van der Waals surface area (Å²) in [5.74, 6) is 0. The van der Waals surface area contributed by atoms with Crippen LogP contribution >= 0.6 is 20.2 Å². The normalized spacial score (nSPS) is 12.0. The first-order valence-electron chi connectivity index (χ1n) is 11.5. The van der Waals surface area contributed by atoms with Gasteiger partial charge in [0.05, 0.1) is 0 Å². The fraction of sp³-hybridized carbons (Fsp3) is 0.0357. The molecule has 0 aliphatic rings. The van der Waals surface area contributed by atoms with Crippen molar-refractivity contribution in [1.29, 1.82) is 0 Å². The molecule has 6 rings (SSSR count). The quantitative estimate of drug-likeness (QED) is 0.198. The van der Waals surface area contributed by atoms with Gasteiger partial charge in [0.1, 0.15) is 0 Å². The summed E-state index contributed by atoms with van der Waals surface area (Å²) < 4.78 is 4.10. The molecule has 0 spiro atoms. The van der Waals surface area contributed by atoms with Crippen molar-refractivity contribution < 1.29 is 12.1 Å². The van der Waals surface area contributed by atoms with Crippen LogP contribution in [0.2, 0.25) is 0 Å². The zero-order valence-electron chi connectivity index (χ0n) is 19.4. The molecule has 0 aliphatic carbocycles. The van der Waals surface area contributed by atoms with Gasteiger partial charge < -0.3 is 0 Å². The Morgan fingerprint density at radius 3 is 1.03 bits per heavy atom. The Balaban J connectivity index is 1.55. The van der Waals surface area contributed by atoms with E-state index < -0.39 is 16.8 Å². The van der Waals surface area contributed by atoms with E-state index in [4.69, 9.17) is 35.5 Å². The van der Waals surface area contributed by atoms with Crippen LogP contribution in [0.15, 0.2) is 128 Å². The van der Waals surface area contributed by atoms with Crippen LogP contribution < -0.4 is 0 Å². The number of halogens is 2. The molecule has 3 heterocycles. The van der Waals surface area contributed by atoms with Gasteiger partial charge >= 0.3 is 228 Å². The Kier molecular flexibility index (Phi) is 6.45. The SMILES string of the molecule is [Cl][Mn]([Cl])[C](n1ccc(-c2ccccc2)n1)(n1ccc(-c2ccccc2)n1)n1ccc(-c2ccccc2)n1. The first kappa shape index (κ1) is 23.8. The van der Waals surface area contributed by atoms with E-state index in [-0.39, 0.29) is 0 Å². The summed E-state index contributed by atoms with van der Waals surface area (Å²) in [6, 6.07) is 35.8. The first-order valence-corrected chi connectivity index (χ1v) is 15.4. The van der Waals surface area contributed by atoms with E-state index in [2.05, 4.69) is 0 Å². The predicted molar refractivity (Wildman–Crippen MR) is 143 cm³/mol. The van der Waals surface area contributed by atoms with E-state index >= 15 is 0 Å². The molecular weight excluding hydrogens is 546 g/mol. The number of rotatable bonds is 7. The van der Waals surface area contributed by atoms with E-state index in [1.165, 1.54) is 0 Å². The van der Waals surface area contributed by atoms with Gasteiger partial charge in [0.15, 0.2) is 0 Å². The summed E-state index contributed by atoms with van der Waals surface area (Å²) in [6.07, 6.45) is 5.64. The number of hydrogen-bond donors (Lipinski definition) is 0. The molecule has 0 N–H and O–H groups in total. The second-order valence-corrected chi connectivity index (χ2v) is 12.7. The molecule has 37 heavy (non-hydrogen) atoms. The summed E-state index contributed by atoms with van der Waals surface area (Å²) in [6.45, 7) is 0. The van der Waals surface area contributed by atoms with Gasteiger partial charge in [0.25, 0.3) is 0 Å². The number of benzene rings is 3. The summed E-state index contributed by atoms with van der Waals surface area (Å²) in [4.78, 5) is 0. The van der Waals surface area contributed by atoms with E-state index in [0.717, 1.165) is 33.8 Å². The van der Waals surface area contributed by atoms with Gasteiger partial charge in [-0.3, -0.25) is 0 Å². The van der Waals surface area contributed by atoms with Gasteiger partial charge in [-0.15, -0.1) is 0 Å². The monoisotopic (exact) mass is 566 g/mol. The zero-order chi connectivity index (χ0) is 25.2. The first-order chi connectivity index (χ1) is 18.2. The standard InChI is InChI=1S/C28H21N6.2ClH.Mn/c1-4-10-22(11-5-1)25-16-19-32(29-25)28(33-20-17-26(30-33)23-12-6-2-7-13-23)34-21-18-27(31-34)24-14-8-3-9-15-24;;;/h1-21H;2*1H;/q;;;+2/p-2. The molecule has 0 unspecified atom stereocenters. The van der Waals surface area contributed by atoms with Gasteiger partial charge in [-0.1, -0.05) is 0 Å². The summed E-state index contributed by atoms with van der Waals surface area (Å²) >= 11 is -2.28.